The summed E-state index contributed by atoms with van der Waals surface area (Å²) >= 11 is 0. The van der Waals surface area contributed by atoms with Gasteiger partial charge in [0.2, 0.25) is 0 Å². The monoisotopic (exact) mass is 497 g/mol. The lowest BCUT2D eigenvalue weighted by Gasteiger charge is -2.29. The molecule has 3 heterocycles. The van der Waals surface area contributed by atoms with E-state index in [-0.39, 0.29) is 30.2 Å². The van der Waals surface area contributed by atoms with Crippen LogP contribution in [0.1, 0.15) is 55.9 Å². The maximum atomic E-state index is 13.3. The summed E-state index contributed by atoms with van der Waals surface area (Å²) in [6.07, 6.45) is 7.18. The number of rotatable bonds is 9. The lowest BCUT2D eigenvalue weighted by molar-refractivity contribution is 0.0525. The van der Waals surface area contributed by atoms with Crippen molar-refractivity contribution in [1.29, 1.82) is 0 Å². The molecule has 2 atom stereocenters. The molecule has 1 amide bonds. The maximum absolute atomic E-state index is 13.3. The van der Waals surface area contributed by atoms with E-state index in [1.807, 2.05) is 26.1 Å². The van der Waals surface area contributed by atoms with Crippen molar-refractivity contribution in [2.45, 2.75) is 51.7 Å². The predicted molar refractivity (Wildman–Crippen MR) is 138 cm³/mol. The number of hydrogen-bond donors (Lipinski definition) is 4. The predicted octanol–water partition coefficient (Wildman–Crippen LogP) is 2.55. The van der Waals surface area contributed by atoms with Gasteiger partial charge < -0.3 is 30.4 Å². The van der Waals surface area contributed by atoms with Gasteiger partial charge >= 0.3 is 0 Å². The first-order valence-corrected chi connectivity index (χ1v) is 12.2. The first-order valence-electron chi connectivity index (χ1n) is 12.2. The average molecular weight is 498 g/mol. The molecule has 4 rings (SSSR count). The number of anilines is 3. The molecule has 0 spiro atoms. The Balaban J connectivity index is 1.63. The Morgan fingerprint density at radius 2 is 2.14 bits per heavy atom. The van der Waals surface area contributed by atoms with Crippen molar-refractivity contribution in [3.63, 3.8) is 0 Å². The number of fused-ring (bicyclic) bond motifs is 1. The van der Waals surface area contributed by atoms with Crippen LogP contribution in [0.25, 0.3) is 5.65 Å². The van der Waals surface area contributed by atoms with Gasteiger partial charge in [0.05, 0.1) is 12.3 Å². The molecule has 0 aromatic carbocycles. The van der Waals surface area contributed by atoms with Crippen molar-refractivity contribution in [3.8, 4) is 0 Å². The molecule has 0 radical (unpaired) electrons. The molecule has 0 unspecified atom stereocenters. The van der Waals surface area contributed by atoms with Crippen LogP contribution in [0.5, 0.6) is 0 Å². The summed E-state index contributed by atoms with van der Waals surface area (Å²) in [5, 5.41) is 22.8. The fourth-order valence-corrected chi connectivity index (χ4v) is 4.45. The maximum Gasteiger partial charge on any atom is 0.274 e. The van der Waals surface area contributed by atoms with E-state index in [9.17, 15) is 14.7 Å². The Kier molecular flexibility index (Phi) is 7.60. The molecular formula is C25H35N7O4. The van der Waals surface area contributed by atoms with Crippen molar-refractivity contribution < 1.29 is 14.6 Å². The van der Waals surface area contributed by atoms with E-state index in [1.165, 1.54) is 10.7 Å². The van der Waals surface area contributed by atoms with Gasteiger partial charge in [0.1, 0.15) is 22.9 Å². The fraction of sp³-hybridized carbons (Fsp3) is 0.520. The van der Waals surface area contributed by atoms with Crippen molar-refractivity contribution in [3.05, 3.63) is 46.5 Å². The Labute approximate surface area is 209 Å². The zero-order valence-electron chi connectivity index (χ0n) is 21.2. The van der Waals surface area contributed by atoms with E-state index in [0.717, 1.165) is 25.7 Å². The highest BCUT2D eigenvalue weighted by molar-refractivity contribution is 6.00. The van der Waals surface area contributed by atoms with Crippen molar-refractivity contribution in [2.75, 3.05) is 37.9 Å². The van der Waals surface area contributed by atoms with E-state index in [2.05, 4.69) is 26.0 Å². The quantitative estimate of drug-likeness (QED) is 0.354. The fourth-order valence-electron chi connectivity index (χ4n) is 4.45. The lowest BCUT2D eigenvalue weighted by atomic mass is 9.92. The van der Waals surface area contributed by atoms with Gasteiger partial charge in [0.15, 0.2) is 5.65 Å². The SMILES string of the molecule is CNc1cc(Nc2cccn([C@H]3CCC[C@@H](OC)C3)c2=O)nc2c(C(=O)NCC(C)(C)CO)cnn12. The topological polar surface area (TPSA) is 135 Å². The van der Waals surface area contributed by atoms with Crippen LogP contribution in [-0.2, 0) is 4.74 Å². The third kappa shape index (κ3) is 5.36. The molecule has 11 heteroatoms. The molecule has 4 N–H and O–H groups in total. The molecule has 3 aromatic rings. The standard InChI is InChI=1S/C25H35N7O4/c1-25(2,15-33)14-27-23(34)18-13-28-32-21(26-3)12-20(30-22(18)32)29-19-9-6-10-31(24(19)35)16-7-5-8-17(11-16)36-4/h6,9-10,12-13,16-17,26,33H,5,7-8,11,14-15H2,1-4H3,(H,27,34)(H,29,30)/t16-,17+/m0/s1. The second-order valence-electron chi connectivity index (χ2n) is 10.0. The number of carbonyl (C=O) groups excluding carboxylic acids is 1. The number of amides is 1. The summed E-state index contributed by atoms with van der Waals surface area (Å²) in [4.78, 5) is 30.8. The van der Waals surface area contributed by atoms with Crippen LogP contribution in [0.2, 0.25) is 0 Å². The third-order valence-electron chi connectivity index (χ3n) is 6.69. The average Bonchev–Trinajstić information content (AvgIpc) is 3.32. The van der Waals surface area contributed by atoms with Crippen molar-refractivity contribution >= 4 is 28.9 Å². The molecule has 3 aromatic heterocycles. The number of carbonyl (C=O) groups is 1. The van der Waals surface area contributed by atoms with Gasteiger partial charge in [-0.1, -0.05) is 13.8 Å². The number of nitrogens with one attached hydrogen (secondary N) is 3. The molecule has 0 aliphatic heterocycles. The van der Waals surface area contributed by atoms with Crippen LogP contribution in [0, 0.1) is 5.41 Å². The number of hydrogen-bond acceptors (Lipinski definition) is 8. The van der Waals surface area contributed by atoms with Gasteiger partial charge in [-0.05, 0) is 37.8 Å². The number of nitrogens with zero attached hydrogens (tertiary/aromatic N) is 4. The minimum Gasteiger partial charge on any atom is -0.396 e. The van der Waals surface area contributed by atoms with Gasteiger partial charge in [-0.3, -0.25) is 9.59 Å². The lowest BCUT2D eigenvalue weighted by Crippen LogP contribution is -2.36. The minimum atomic E-state index is -0.455. The van der Waals surface area contributed by atoms with Crippen LogP contribution >= 0.6 is 0 Å². The summed E-state index contributed by atoms with van der Waals surface area (Å²) in [6, 6.07) is 5.38. The molecular weight excluding hydrogens is 462 g/mol. The van der Waals surface area contributed by atoms with E-state index in [0.29, 0.717) is 35.1 Å². The van der Waals surface area contributed by atoms with E-state index in [1.54, 1.807) is 30.9 Å². The van der Waals surface area contributed by atoms with Gasteiger partial charge in [-0.2, -0.15) is 9.61 Å². The summed E-state index contributed by atoms with van der Waals surface area (Å²) in [5.74, 6) is 0.666. The highest BCUT2D eigenvalue weighted by atomic mass is 16.5. The minimum absolute atomic E-state index is 0.0557. The summed E-state index contributed by atoms with van der Waals surface area (Å²) < 4.78 is 8.84. The summed E-state index contributed by atoms with van der Waals surface area (Å²) in [5.41, 5.74) is 0.442. The Bertz CT molecular complexity index is 1280. The normalized spacial score (nSPS) is 18.2. The molecule has 0 saturated heterocycles. The van der Waals surface area contributed by atoms with Gasteiger partial charge in [0, 0.05) is 51.0 Å². The summed E-state index contributed by atoms with van der Waals surface area (Å²) in [7, 11) is 3.46. The molecule has 1 fully saturated rings. The Morgan fingerprint density at radius 3 is 2.86 bits per heavy atom. The van der Waals surface area contributed by atoms with Crippen LogP contribution in [-0.4, -0.2) is 63.6 Å². The van der Waals surface area contributed by atoms with E-state index >= 15 is 0 Å². The smallest absolute Gasteiger partial charge is 0.274 e. The van der Waals surface area contributed by atoms with Crippen LogP contribution in [0.3, 0.4) is 0 Å². The second kappa shape index (κ2) is 10.7. The first kappa shape index (κ1) is 25.6. The van der Waals surface area contributed by atoms with Crippen LogP contribution in [0.15, 0.2) is 35.4 Å². The van der Waals surface area contributed by atoms with Crippen LogP contribution < -0.4 is 21.5 Å². The van der Waals surface area contributed by atoms with Crippen molar-refractivity contribution in [1.82, 2.24) is 24.5 Å². The number of methoxy groups -OCH3 is 1. The van der Waals surface area contributed by atoms with Crippen molar-refractivity contribution in [2.24, 2.45) is 5.41 Å². The molecule has 1 aliphatic rings. The number of ether oxygens (including phenoxy) is 1. The number of aliphatic hydroxyl groups excluding tert-OH is 1. The summed E-state index contributed by atoms with van der Waals surface area (Å²) in [6.45, 7) is 3.96. The van der Waals surface area contributed by atoms with Crippen LogP contribution in [0.4, 0.5) is 17.3 Å². The zero-order valence-corrected chi connectivity index (χ0v) is 21.2. The number of pyridine rings is 1. The highest BCUT2D eigenvalue weighted by Gasteiger charge is 2.25. The van der Waals surface area contributed by atoms with E-state index in [4.69, 9.17) is 4.74 Å². The molecule has 1 aliphatic carbocycles. The Morgan fingerprint density at radius 1 is 1.33 bits per heavy atom. The van der Waals surface area contributed by atoms with Gasteiger partial charge in [-0.15, -0.1) is 0 Å². The second-order valence-corrected chi connectivity index (χ2v) is 10.0. The molecule has 0 bridgehead atoms. The molecule has 11 nitrogen and oxygen atoms in total. The van der Waals surface area contributed by atoms with Gasteiger partial charge in [-0.25, -0.2) is 4.98 Å². The van der Waals surface area contributed by atoms with E-state index < -0.39 is 5.41 Å². The van der Waals surface area contributed by atoms with Gasteiger partial charge in [0.25, 0.3) is 11.5 Å². The molecule has 36 heavy (non-hydrogen) atoms. The zero-order chi connectivity index (χ0) is 25.9. The Hall–Kier alpha value is -3.44. The highest BCUT2D eigenvalue weighted by Crippen LogP contribution is 2.29. The number of aliphatic hydroxyl groups is 1. The number of aromatic nitrogens is 4. The third-order valence-corrected chi connectivity index (χ3v) is 6.69. The largest absolute Gasteiger partial charge is 0.396 e. The molecule has 1 saturated carbocycles. The molecule has 194 valence electrons. The first-order chi connectivity index (χ1) is 17.3.